The molecule has 3 aromatic rings. The molecule has 0 spiro atoms. The molecule has 1 aromatic heterocycles. The van der Waals surface area contributed by atoms with Gasteiger partial charge in [0.15, 0.2) is 12.8 Å². The first-order valence-electron chi connectivity index (χ1n) is 7.85. The molecule has 0 bridgehead atoms. The van der Waals surface area contributed by atoms with Gasteiger partial charge < -0.3 is 20.9 Å². The molecule has 0 saturated heterocycles. The predicted molar refractivity (Wildman–Crippen MR) is 99.8 cm³/mol. The molecule has 0 radical (unpaired) electrons. The Bertz CT molecular complexity index is 981. The molecular weight excluding hydrogens is 332 g/mol. The summed E-state index contributed by atoms with van der Waals surface area (Å²) in [6.45, 7) is 0.102. The Morgan fingerprint density at radius 3 is 2.62 bits per heavy atom. The van der Waals surface area contributed by atoms with Gasteiger partial charge in [-0.05, 0) is 24.3 Å². The SMILES string of the molecule is COCOc1ccccc1-c1cc(C(=O)N=C(N)N)c2ccccc2n1. The van der Waals surface area contributed by atoms with E-state index in [1.165, 1.54) is 0 Å². The number of benzene rings is 2. The molecule has 1 heterocycles. The number of methoxy groups -OCH3 is 1. The standard InChI is InChI=1S/C19H18N4O3/c1-25-11-26-17-9-5-3-7-13(17)16-10-14(18(24)23-19(20)21)12-6-2-4-8-15(12)22-16/h2-10H,11H2,1H3,(H4,20,21,23,24). The lowest BCUT2D eigenvalue weighted by atomic mass is 10.0. The van der Waals surface area contributed by atoms with Gasteiger partial charge >= 0.3 is 0 Å². The van der Waals surface area contributed by atoms with E-state index in [1.54, 1.807) is 19.2 Å². The van der Waals surface area contributed by atoms with Gasteiger partial charge in [-0.25, -0.2) is 4.98 Å². The van der Waals surface area contributed by atoms with Crippen LogP contribution in [0.3, 0.4) is 0 Å². The van der Waals surface area contributed by atoms with E-state index in [9.17, 15) is 4.79 Å². The van der Waals surface area contributed by atoms with Gasteiger partial charge in [-0.3, -0.25) is 4.79 Å². The van der Waals surface area contributed by atoms with Crippen LogP contribution in [0.4, 0.5) is 0 Å². The number of nitrogens with zero attached hydrogens (tertiary/aromatic N) is 2. The number of hydrogen-bond acceptors (Lipinski definition) is 4. The Hall–Kier alpha value is -3.45. The lowest BCUT2D eigenvalue weighted by Crippen LogP contribution is -2.24. The summed E-state index contributed by atoms with van der Waals surface area (Å²) < 4.78 is 10.6. The highest BCUT2D eigenvalue weighted by Gasteiger charge is 2.15. The number of ether oxygens (including phenoxy) is 2. The first-order valence-corrected chi connectivity index (χ1v) is 7.85. The third kappa shape index (κ3) is 3.62. The largest absolute Gasteiger partial charge is 0.467 e. The van der Waals surface area contributed by atoms with Crippen molar-refractivity contribution in [2.24, 2.45) is 16.5 Å². The molecule has 0 unspecified atom stereocenters. The fraction of sp³-hybridized carbons (Fsp3) is 0.105. The number of carbonyl (C=O) groups excluding carboxylic acids is 1. The number of para-hydroxylation sites is 2. The highest BCUT2D eigenvalue weighted by Crippen LogP contribution is 2.31. The summed E-state index contributed by atoms with van der Waals surface area (Å²) in [6, 6.07) is 16.3. The van der Waals surface area contributed by atoms with E-state index in [0.717, 1.165) is 5.56 Å². The maximum absolute atomic E-state index is 12.5. The maximum atomic E-state index is 12.5. The number of pyridine rings is 1. The summed E-state index contributed by atoms with van der Waals surface area (Å²) in [6.07, 6.45) is 0. The number of hydrogen-bond donors (Lipinski definition) is 2. The number of aromatic nitrogens is 1. The maximum Gasteiger partial charge on any atom is 0.280 e. The van der Waals surface area contributed by atoms with Gasteiger partial charge in [0.05, 0.1) is 16.8 Å². The van der Waals surface area contributed by atoms with Crippen molar-refractivity contribution in [3.05, 3.63) is 60.2 Å². The molecule has 0 saturated carbocycles. The summed E-state index contributed by atoms with van der Waals surface area (Å²) in [5.41, 5.74) is 13.0. The van der Waals surface area contributed by atoms with Gasteiger partial charge in [0.2, 0.25) is 0 Å². The van der Waals surface area contributed by atoms with Gasteiger partial charge in [0, 0.05) is 18.1 Å². The number of nitrogens with two attached hydrogens (primary N) is 2. The van der Waals surface area contributed by atoms with Gasteiger partial charge in [-0.2, -0.15) is 4.99 Å². The van der Waals surface area contributed by atoms with Crippen molar-refractivity contribution in [2.75, 3.05) is 13.9 Å². The van der Waals surface area contributed by atoms with E-state index in [-0.39, 0.29) is 12.8 Å². The highest BCUT2D eigenvalue weighted by molar-refractivity contribution is 6.10. The molecule has 0 atom stereocenters. The van der Waals surface area contributed by atoms with Crippen molar-refractivity contribution in [2.45, 2.75) is 0 Å². The fourth-order valence-corrected chi connectivity index (χ4v) is 2.59. The molecule has 7 heteroatoms. The Kier molecular flexibility index (Phi) is 5.09. The van der Waals surface area contributed by atoms with Crippen molar-refractivity contribution in [3.63, 3.8) is 0 Å². The highest BCUT2D eigenvalue weighted by atomic mass is 16.7. The monoisotopic (exact) mass is 350 g/mol. The Morgan fingerprint density at radius 2 is 1.85 bits per heavy atom. The van der Waals surface area contributed by atoms with Crippen LogP contribution in [0, 0.1) is 0 Å². The van der Waals surface area contributed by atoms with Crippen molar-refractivity contribution in [3.8, 4) is 17.0 Å². The van der Waals surface area contributed by atoms with E-state index in [4.69, 9.17) is 20.9 Å². The van der Waals surface area contributed by atoms with Crippen LogP contribution < -0.4 is 16.2 Å². The number of amides is 1. The molecule has 0 aliphatic heterocycles. The lowest BCUT2D eigenvalue weighted by molar-refractivity contribution is 0.0515. The van der Waals surface area contributed by atoms with Crippen molar-refractivity contribution >= 4 is 22.8 Å². The summed E-state index contributed by atoms with van der Waals surface area (Å²) >= 11 is 0. The predicted octanol–water partition coefficient (Wildman–Crippen LogP) is 2.30. The zero-order chi connectivity index (χ0) is 18.5. The third-order valence-electron chi connectivity index (χ3n) is 3.67. The molecule has 1 amide bonds. The molecule has 132 valence electrons. The minimum absolute atomic E-state index is 0.102. The van der Waals surface area contributed by atoms with Crippen molar-refractivity contribution < 1.29 is 14.3 Å². The van der Waals surface area contributed by atoms with Crippen molar-refractivity contribution in [1.82, 2.24) is 4.98 Å². The zero-order valence-electron chi connectivity index (χ0n) is 14.2. The minimum atomic E-state index is -0.528. The average Bonchev–Trinajstić information content (AvgIpc) is 2.65. The second kappa shape index (κ2) is 7.62. The van der Waals surface area contributed by atoms with Crippen LogP contribution in [0.15, 0.2) is 59.6 Å². The van der Waals surface area contributed by atoms with Gasteiger partial charge in [0.1, 0.15) is 5.75 Å². The quantitative estimate of drug-likeness (QED) is 0.415. The molecule has 0 fully saturated rings. The van der Waals surface area contributed by atoms with E-state index in [0.29, 0.717) is 27.9 Å². The Morgan fingerprint density at radius 1 is 1.12 bits per heavy atom. The van der Waals surface area contributed by atoms with Crippen molar-refractivity contribution in [1.29, 1.82) is 0 Å². The van der Waals surface area contributed by atoms with Crippen LogP contribution in [0.2, 0.25) is 0 Å². The zero-order valence-corrected chi connectivity index (χ0v) is 14.2. The summed E-state index contributed by atoms with van der Waals surface area (Å²) in [7, 11) is 1.54. The molecule has 26 heavy (non-hydrogen) atoms. The van der Waals surface area contributed by atoms with Crippen LogP contribution in [-0.2, 0) is 4.74 Å². The Balaban J connectivity index is 2.20. The normalized spacial score (nSPS) is 10.5. The van der Waals surface area contributed by atoms with Crippen LogP contribution in [-0.4, -0.2) is 30.8 Å². The molecular formula is C19H18N4O3. The fourth-order valence-electron chi connectivity index (χ4n) is 2.59. The second-order valence-electron chi connectivity index (χ2n) is 5.46. The number of aliphatic imine (C=N–C) groups is 1. The summed E-state index contributed by atoms with van der Waals surface area (Å²) in [5.74, 6) is -0.223. The Labute approximate surface area is 150 Å². The van der Waals surface area contributed by atoms with Crippen LogP contribution >= 0.6 is 0 Å². The van der Waals surface area contributed by atoms with E-state index < -0.39 is 5.91 Å². The number of carbonyl (C=O) groups is 1. The van der Waals surface area contributed by atoms with Gasteiger partial charge in [-0.1, -0.05) is 30.3 Å². The van der Waals surface area contributed by atoms with E-state index in [2.05, 4.69) is 9.98 Å². The number of fused-ring (bicyclic) bond motifs is 1. The molecule has 3 rings (SSSR count). The molecule has 0 aliphatic rings. The smallest absolute Gasteiger partial charge is 0.280 e. The average molecular weight is 350 g/mol. The number of rotatable bonds is 5. The lowest BCUT2D eigenvalue weighted by Gasteiger charge is -2.12. The van der Waals surface area contributed by atoms with Gasteiger partial charge in [-0.15, -0.1) is 0 Å². The van der Waals surface area contributed by atoms with Crippen LogP contribution in [0.25, 0.3) is 22.2 Å². The topological polar surface area (TPSA) is 113 Å². The molecule has 7 nitrogen and oxygen atoms in total. The van der Waals surface area contributed by atoms with Crippen LogP contribution in [0.5, 0.6) is 5.75 Å². The minimum Gasteiger partial charge on any atom is -0.467 e. The van der Waals surface area contributed by atoms with E-state index in [1.807, 2.05) is 42.5 Å². The van der Waals surface area contributed by atoms with Crippen LogP contribution in [0.1, 0.15) is 10.4 Å². The van der Waals surface area contributed by atoms with E-state index >= 15 is 0 Å². The second-order valence-corrected chi connectivity index (χ2v) is 5.46. The molecule has 4 N–H and O–H groups in total. The first kappa shape index (κ1) is 17.4. The summed E-state index contributed by atoms with van der Waals surface area (Å²) in [5, 5.41) is 0.668. The van der Waals surface area contributed by atoms with Gasteiger partial charge in [0.25, 0.3) is 5.91 Å². The molecule has 0 aliphatic carbocycles. The first-order chi connectivity index (χ1) is 12.6. The molecule has 2 aromatic carbocycles. The third-order valence-corrected chi connectivity index (χ3v) is 3.67. The number of guanidine groups is 1. The summed E-state index contributed by atoms with van der Waals surface area (Å²) in [4.78, 5) is 20.8.